The highest BCUT2D eigenvalue weighted by molar-refractivity contribution is 5.36. The van der Waals surface area contributed by atoms with Gasteiger partial charge in [-0.2, -0.15) is 0 Å². The molecule has 0 aromatic heterocycles. The number of hydrazine groups is 1. The Hall–Kier alpha value is -1.71. The molecule has 2 aromatic carbocycles. The van der Waals surface area contributed by atoms with E-state index in [0.29, 0.717) is 0 Å². The number of rotatable bonds is 4. The molecule has 3 N–H and O–H groups in total. The van der Waals surface area contributed by atoms with Crippen molar-refractivity contribution in [3.63, 3.8) is 0 Å². The molecule has 0 saturated carbocycles. The minimum Gasteiger partial charge on any atom is -0.271 e. The minimum atomic E-state index is -0.234. The highest BCUT2D eigenvalue weighted by Crippen LogP contribution is 2.24. The van der Waals surface area contributed by atoms with E-state index in [9.17, 15) is 4.39 Å². The van der Waals surface area contributed by atoms with E-state index in [4.69, 9.17) is 5.84 Å². The molecule has 100 valence electrons. The molecule has 0 radical (unpaired) electrons. The highest BCUT2D eigenvalue weighted by atomic mass is 19.1. The second-order valence-electron chi connectivity index (χ2n) is 4.76. The summed E-state index contributed by atoms with van der Waals surface area (Å²) in [6.45, 7) is 3.99. The average Bonchev–Trinajstić information content (AvgIpc) is 2.39. The molecular formula is C16H19FN2. The SMILES string of the molecule is CCc1cccc(C(NN)c2cc(C)cc(F)c2)c1. The zero-order chi connectivity index (χ0) is 13.8. The number of nitrogens with two attached hydrogens (primary N) is 1. The van der Waals surface area contributed by atoms with Crippen LogP contribution in [0.15, 0.2) is 42.5 Å². The van der Waals surface area contributed by atoms with E-state index in [-0.39, 0.29) is 11.9 Å². The normalized spacial score (nSPS) is 12.4. The first-order chi connectivity index (χ1) is 9.13. The van der Waals surface area contributed by atoms with Gasteiger partial charge in [-0.3, -0.25) is 5.84 Å². The van der Waals surface area contributed by atoms with E-state index >= 15 is 0 Å². The van der Waals surface area contributed by atoms with E-state index in [2.05, 4.69) is 24.5 Å². The monoisotopic (exact) mass is 258 g/mol. The molecule has 0 bridgehead atoms. The topological polar surface area (TPSA) is 38.0 Å². The van der Waals surface area contributed by atoms with Gasteiger partial charge in [-0.25, -0.2) is 9.82 Å². The van der Waals surface area contributed by atoms with Gasteiger partial charge >= 0.3 is 0 Å². The van der Waals surface area contributed by atoms with Crippen LogP contribution in [0.2, 0.25) is 0 Å². The molecule has 2 rings (SSSR count). The van der Waals surface area contributed by atoms with Gasteiger partial charge in [0.1, 0.15) is 5.82 Å². The van der Waals surface area contributed by atoms with Gasteiger partial charge in [-0.15, -0.1) is 0 Å². The fourth-order valence-electron chi connectivity index (χ4n) is 2.31. The molecule has 1 atom stereocenters. The van der Waals surface area contributed by atoms with Crippen LogP contribution >= 0.6 is 0 Å². The zero-order valence-corrected chi connectivity index (χ0v) is 11.3. The zero-order valence-electron chi connectivity index (χ0n) is 11.3. The lowest BCUT2D eigenvalue weighted by molar-refractivity contribution is 0.603. The van der Waals surface area contributed by atoms with Crippen molar-refractivity contribution in [3.05, 3.63) is 70.5 Å². The average molecular weight is 258 g/mol. The number of hydrogen-bond acceptors (Lipinski definition) is 2. The molecule has 0 aliphatic rings. The summed E-state index contributed by atoms with van der Waals surface area (Å²) in [4.78, 5) is 0. The Bertz CT molecular complexity index is 546. The fourth-order valence-corrected chi connectivity index (χ4v) is 2.31. The van der Waals surface area contributed by atoms with Crippen molar-refractivity contribution in [1.82, 2.24) is 5.43 Å². The van der Waals surface area contributed by atoms with Gasteiger partial charge in [0.15, 0.2) is 0 Å². The van der Waals surface area contributed by atoms with Gasteiger partial charge in [-0.1, -0.05) is 37.3 Å². The third-order valence-electron chi connectivity index (χ3n) is 3.26. The van der Waals surface area contributed by atoms with Gasteiger partial charge in [0.05, 0.1) is 6.04 Å². The Balaban J connectivity index is 2.43. The van der Waals surface area contributed by atoms with Crippen LogP contribution < -0.4 is 11.3 Å². The maximum atomic E-state index is 13.5. The quantitative estimate of drug-likeness (QED) is 0.652. The van der Waals surface area contributed by atoms with Gasteiger partial charge in [0.25, 0.3) is 0 Å². The van der Waals surface area contributed by atoms with Crippen molar-refractivity contribution in [2.24, 2.45) is 5.84 Å². The first-order valence-corrected chi connectivity index (χ1v) is 6.46. The van der Waals surface area contributed by atoms with E-state index in [1.165, 1.54) is 17.7 Å². The second-order valence-corrected chi connectivity index (χ2v) is 4.76. The van der Waals surface area contributed by atoms with E-state index in [1.54, 1.807) is 0 Å². The van der Waals surface area contributed by atoms with Crippen LogP contribution in [0.3, 0.4) is 0 Å². The summed E-state index contributed by atoms with van der Waals surface area (Å²) in [5, 5.41) is 0. The molecule has 0 saturated heterocycles. The molecule has 19 heavy (non-hydrogen) atoms. The van der Waals surface area contributed by atoms with Crippen molar-refractivity contribution >= 4 is 0 Å². The first kappa shape index (κ1) is 13.7. The van der Waals surface area contributed by atoms with Crippen LogP contribution in [0, 0.1) is 12.7 Å². The van der Waals surface area contributed by atoms with Crippen molar-refractivity contribution < 1.29 is 4.39 Å². The van der Waals surface area contributed by atoms with E-state index in [1.807, 2.05) is 25.1 Å². The van der Waals surface area contributed by atoms with Crippen LogP contribution in [-0.4, -0.2) is 0 Å². The Morgan fingerprint density at radius 2 is 1.95 bits per heavy atom. The first-order valence-electron chi connectivity index (χ1n) is 6.46. The lowest BCUT2D eigenvalue weighted by Crippen LogP contribution is -2.29. The van der Waals surface area contributed by atoms with Crippen LogP contribution in [0.1, 0.15) is 35.2 Å². The maximum absolute atomic E-state index is 13.5. The number of benzene rings is 2. The molecule has 0 amide bonds. The number of aryl methyl sites for hydroxylation is 2. The predicted molar refractivity (Wildman–Crippen MR) is 76.1 cm³/mol. The van der Waals surface area contributed by atoms with Gasteiger partial charge in [-0.05, 0) is 47.7 Å². The molecular weight excluding hydrogens is 239 g/mol. The standard InChI is InChI=1S/C16H19FN2/c1-3-12-5-4-6-13(9-12)16(19-18)14-7-11(2)8-15(17)10-14/h4-10,16,19H,3,18H2,1-2H3. The second kappa shape index (κ2) is 5.95. The largest absolute Gasteiger partial charge is 0.271 e. The van der Waals surface area contributed by atoms with Crippen molar-refractivity contribution in [1.29, 1.82) is 0 Å². The third-order valence-corrected chi connectivity index (χ3v) is 3.26. The number of nitrogens with one attached hydrogen (secondary N) is 1. The lowest BCUT2D eigenvalue weighted by Gasteiger charge is -2.18. The Morgan fingerprint density at radius 3 is 2.58 bits per heavy atom. The fraction of sp³-hybridized carbons (Fsp3) is 0.250. The van der Waals surface area contributed by atoms with Crippen LogP contribution in [0.4, 0.5) is 4.39 Å². The van der Waals surface area contributed by atoms with Crippen LogP contribution in [0.25, 0.3) is 0 Å². The molecule has 1 unspecified atom stereocenters. The molecule has 0 fully saturated rings. The molecule has 0 heterocycles. The smallest absolute Gasteiger partial charge is 0.123 e. The summed E-state index contributed by atoms with van der Waals surface area (Å²) >= 11 is 0. The molecule has 0 spiro atoms. The highest BCUT2D eigenvalue weighted by Gasteiger charge is 2.14. The summed E-state index contributed by atoms with van der Waals surface area (Å²) in [5.74, 6) is 5.42. The van der Waals surface area contributed by atoms with Crippen molar-refractivity contribution in [2.75, 3.05) is 0 Å². The Labute approximate surface area is 113 Å². The third kappa shape index (κ3) is 3.19. The van der Waals surface area contributed by atoms with Crippen LogP contribution in [-0.2, 0) is 6.42 Å². The van der Waals surface area contributed by atoms with Gasteiger partial charge in [0.2, 0.25) is 0 Å². The number of hydrogen-bond donors (Lipinski definition) is 2. The summed E-state index contributed by atoms with van der Waals surface area (Å²) in [5.41, 5.74) is 6.79. The predicted octanol–water partition coefficient (Wildman–Crippen LogP) is 3.25. The maximum Gasteiger partial charge on any atom is 0.123 e. The van der Waals surface area contributed by atoms with Crippen LogP contribution in [0.5, 0.6) is 0 Å². The Morgan fingerprint density at radius 1 is 1.16 bits per heavy atom. The molecule has 3 heteroatoms. The lowest BCUT2D eigenvalue weighted by atomic mass is 9.96. The minimum absolute atomic E-state index is 0.194. The number of halogens is 1. The molecule has 2 nitrogen and oxygen atoms in total. The molecule has 0 aliphatic heterocycles. The Kier molecular flexibility index (Phi) is 4.30. The molecule has 2 aromatic rings. The summed E-state index contributed by atoms with van der Waals surface area (Å²) < 4.78 is 13.5. The molecule has 0 aliphatic carbocycles. The van der Waals surface area contributed by atoms with Gasteiger partial charge < -0.3 is 0 Å². The van der Waals surface area contributed by atoms with Gasteiger partial charge in [0, 0.05) is 0 Å². The summed E-state index contributed by atoms with van der Waals surface area (Å²) in [7, 11) is 0. The van der Waals surface area contributed by atoms with E-state index < -0.39 is 0 Å². The van der Waals surface area contributed by atoms with Crippen molar-refractivity contribution in [2.45, 2.75) is 26.3 Å². The summed E-state index contributed by atoms with van der Waals surface area (Å²) in [6, 6.07) is 13.0. The summed E-state index contributed by atoms with van der Waals surface area (Å²) in [6.07, 6.45) is 0.966. The van der Waals surface area contributed by atoms with E-state index in [0.717, 1.165) is 23.1 Å². The van der Waals surface area contributed by atoms with Crippen molar-refractivity contribution in [3.8, 4) is 0 Å².